The molecule has 0 amide bonds. The van der Waals surface area contributed by atoms with E-state index in [9.17, 15) is 9.18 Å². The van der Waals surface area contributed by atoms with Gasteiger partial charge in [0.15, 0.2) is 0 Å². The highest BCUT2D eigenvalue weighted by Gasteiger charge is 2.07. The van der Waals surface area contributed by atoms with Crippen molar-refractivity contribution in [3.8, 4) is 0 Å². The summed E-state index contributed by atoms with van der Waals surface area (Å²) < 4.78 is 13.4. The van der Waals surface area contributed by atoms with E-state index < -0.39 is 11.8 Å². The molecule has 0 saturated carbocycles. The number of carboxylic acid groups (broad SMARTS) is 1. The van der Waals surface area contributed by atoms with Gasteiger partial charge < -0.3 is 5.11 Å². The van der Waals surface area contributed by atoms with Crippen LogP contribution in [0.4, 0.5) is 4.39 Å². The average Bonchev–Trinajstić information content (AvgIpc) is 2.11. The number of hydrogen-bond acceptors (Lipinski definition) is 1. The summed E-state index contributed by atoms with van der Waals surface area (Å²) in [6.07, 6.45) is 0.870. The quantitative estimate of drug-likeness (QED) is 0.841. The number of benzene rings is 1. The molecule has 0 heterocycles. The van der Waals surface area contributed by atoms with Crippen LogP contribution in [-0.4, -0.2) is 11.1 Å². The summed E-state index contributed by atoms with van der Waals surface area (Å²) in [6, 6.07) is 4.76. The lowest BCUT2D eigenvalue weighted by Gasteiger charge is -1.98. The zero-order chi connectivity index (χ0) is 10.7. The number of carboxylic acids is 1. The van der Waals surface area contributed by atoms with Crippen molar-refractivity contribution in [3.05, 3.63) is 39.1 Å². The van der Waals surface area contributed by atoms with Crippen molar-refractivity contribution < 1.29 is 14.3 Å². The Morgan fingerprint density at radius 3 is 2.79 bits per heavy atom. The second kappa shape index (κ2) is 4.57. The second-order valence-electron chi connectivity index (χ2n) is 2.46. The Hall–Kier alpha value is -0.870. The third-order valence-electron chi connectivity index (χ3n) is 1.44. The first-order valence-electron chi connectivity index (χ1n) is 3.56. The molecule has 5 heteroatoms. The van der Waals surface area contributed by atoms with E-state index in [0.29, 0.717) is 15.1 Å². The smallest absolute Gasteiger partial charge is 0.364 e. The van der Waals surface area contributed by atoms with Crippen molar-refractivity contribution >= 4 is 39.6 Å². The number of halogens is 3. The molecule has 0 aromatic heterocycles. The topological polar surface area (TPSA) is 37.3 Å². The van der Waals surface area contributed by atoms with Crippen molar-refractivity contribution in [2.75, 3.05) is 0 Å². The Morgan fingerprint density at radius 1 is 1.57 bits per heavy atom. The molecule has 0 aliphatic carbocycles. The molecule has 2 nitrogen and oxygen atoms in total. The molecule has 74 valence electrons. The van der Waals surface area contributed by atoms with E-state index in [-0.39, 0.29) is 0 Å². The Balaban J connectivity index is 3.13. The summed E-state index contributed by atoms with van der Waals surface area (Å²) >= 11 is 8.89. The van der Waals surface area contributed by atoms with Gasteiger partial charge >= 0.3 is 5.97 Å². The Morgan fingerprint density at radius 2 is 2.21 bits per heavy atom. The maximum absolute atomic E-state index is 12.7. The van der Waals surface area contributed by atoms with Crippen LogP contribution in [0.2, 0.25) is 5.02 Å². The van der Waals surface area contributed by atoms with Crippen molar-refractivity contribution in [2.45, 2.75) is 0 Å². The van der Waals surface area contributed by atoms with Gasteiger partial charge in [-0.3, -0.25) is 0 Å². The van der Waals surface area contributed by atoms with Crippen LogP contribution in [0.25, 0.3) is 6.08 Å². The summed E-state index contributed by atoms with van der Waals surface area (Å²) in [7, 11) is 0. The molecule has 1 aromatic rings. The van der Waals surface area contributed by atoms with Crippen LogP contribution in [0.5, 0.6) is 0 Å². The largest absolute Gasteiger partial charge is 0.476 e. The minimum atomic E-state index is -1.61. The second-order valence-corrected chi connectivity index (χ2v) is 3.79. The zero-order valence-corrected chi connectivity index (χ0v) is 9.14. The normalized spacial score (nSPS) is 11.5. The minimum absolute atomic E-state index is 0.296. The molecular weight excluding hydrogens is 274 g/mol. The molecule has 0 aliphatic heterocycles. The highest BCUT2D eigenvalue weighted by molar-refractivity contribution is 9.10. The summed E-state index contributed by atoms with van der Waals surface area (Å²) in [5, 5.41) is 8.60. The molecule has 0 bridgehead atoms. The number of hydrogen-bond donors (Lipinski definition) is 1. The van der Waals surface area contributed by atoms with Gasteiger partial charge in [0.2, 0.25) is 5.83 Å². The van der Waals surface area contributed by atoms with E-state index in [2.05, 4.69) is 15.9 Å². The first-order valence-corrected chi connectivity index (χ1v) is 4.73. The van der Waals surface area contributed by atoms with E-state index in [0.717, 1.165) is 6.08 Å². The van der Waals surface area contributed by atoms with Crippen molar-refractivity contribution in [2.24, 2.45) is 0 Å². The predicted molar refractivity (Wildman–Crippen MR) is 55.9 cm³/mol. The molecule has 0 spiro atoms. The van der Waals surface area contributed by atoms with E-state index in [1.165, 1.54) is 6.07 Å². The number of carbonyl (C=O) groups is 1. The molecular formula is C9H5BrClFO2. The Labute approximate surface area is 93.1 Å². The zero-order valence-electron chi connectivity index (χ0n) is 6.80. The fraction of sp³-hybridized carbons (Fsp3) is 0. The maximum Gasteiger partial charge on any atom is 0.364 e. The molecule has 0 radical (unpaired) electrons. The molecule has 1 aromatic carbocycles. The molecule has 0 fully saturated rings. The van der Waals surface area contributed by atoms with E-state index in [1.807, 2.05) is 0 Å². The number of rotatable bonds is 2. The molecule has 0 saturated heterocycles. The van der Waals surface area contributed by atoms with Crippen LogP contribution in [-0.2, 0) is 4.79 Å². The van der Waals surface area contributed by atoms with Gasteiger partial charge in [0.25, 0.3) is 0 Å². The van der Waals surface area contributed by atoms with Gasteiger partial charge in [0.05, 0.1) is 0 Å². The van der Waals surface area contributed by atoms with Gasteiger partial charge in [0, 0.05) is 9.50 Å². The third-order valence-corrected chi connectivity index (χ3v) is 2.28. The predicted octanol–water partition coefficient (Wildman–Crippen LogP) is 3.50. The standard InChI is InChI=1S/C9H5BrClFO2/c10-6-1-2-7(11)5(3-6)4-8(12)9(13)14/h1-4H,(H,13,14)/b8-4-. The Bertz CT molecular complexity index is 404. The van der Waals surface area contributed by atoms with Crippen LogP contribution in [0.15, 0.2) is 28.5 Å². The first kappa shape index (κ1) is 11.2. The van der Waals surface area contributed by atoms with Gasteiger partial charge in [-0.15, -0.1) is 0 Å². The molecule has 0 unspecified atom stereocenters. The SMILES string of the molecule is O=C(O)/C(F)=C/c1cc(Br)ccc1Cl. The van der Waals surface area contributed by atoms with Crippen LogP contribution in [0.1, 0.15) is 5.56 Å². The monoisotopic (exact) mass is 278 g/mol. The number of aliphatic carboxylic acids is 1. The molecule has 1 N–H and O–H groups in total. The molecule has 0 atom stereocenters. The first-order chi connectivity index (χ1) is 6.50. The maximum atomic E-state index is 12.7. The third kappa shape index (κ3) is 2.82. The summed E-state index contributed by atoms with van der Waals surface area (Å²) in [5.41, 5.74) is 0.320. The fourth-order valence-electron chi connectivity index (χ4n) is 0.823. The van der Waals surface area contributed by atoms with Gasteiger partial charge in [-0.05, 0) is 29.8 Å². The lowest BCUT2D eigenvalue weighted by atomic mass is 10.2. The lowest BCUT2D eigenvalue weighted by molar-refractivity contribution is -0.134. The van der Waals surface area contributed by atoms with Gasteiger partial charge in [0.1, 0.15) is 0 Å². The molecule has 1 rings (SSSR count). The van der Waals surface area contributed by atoms with Crippen LogP contribution in [0, 0.1) is 0 Å². The van der Waals surface area contributed by atoms with Crippen LogP contribution in [0.3, 0.4) is 0 Å². The van der Waals surface area contributed by atoms with Gasteiger partial charge in [-0.2, -0.15) is 4.39 Å². The summed E-state index contributed by atoms with van der Waals surface area (Å²) in [4.78, 5) is 10.2. The van der Waals surface area contributed by atoms with Crippen LogP contribution < -0.4 is 0 Å². The van der Waals surface area contributed by atoms with Gasteiger partial charge in [-0.25, -0.2) is 4.79 Å². The van der Waals surface area contributed by atoms with Crippen molar-refractivity contribution in [1.82, 2.24) is 0 Å². The molecule has 14 heavy (non-hydrogen) atoms. The fourth-order valence-corrected chi connectivity index (χ4v) is 1.37. The van der Waals surface area contributed by atoms with Crippen molar-refractivity contribution in [3.63, 3.8) is 0 Å². The van der Waals surface area contributed by atoms with E-state index in [1.54, 1.807) is 12.1 Å². The summed E-state index contributed by atoms with van der Waals surface area (Å²) in [6.45, 7) is 0. The van der Waals surface area contributed by atoms with E-state index >= 15 is 0 Å². The summed E-state index contributed by atoms with van der Waals surface area (Å²) in [5.74, 6) is -2.86. The van der Waals surface area contributed by atoms with Gasteiger partial charge in [-0.1, -0.05) is 27.5 Å². The van der Waals surface area contributed by atoms with E-state index in [4.69, 9.17) is 16.7 Å². The van der Waals surface area contributed by atoms with Crippen LogP contribution >= 0.6 is 27.5 Å². The minimum Gasteiger partial charge on any atom is -0.476 e. The van der Waals surface area contributed by atoms with Crippen molar-refractivity contribution in [1.29, 1.82) is 0 Å². The Kier molecular flexibility index (Phi) is 3.66. The average molecular weight is 279 g/mol. The molecule has 0 aliphatic rings. The highest BCUT2D eigenvalue weighted by Crippen LogP contribution is 2.23. The lowest BCUT2D eigenvalue weighted by Crippen LogP contribution is -1.94. The highest BCUT2D eigenvalue weighted by atomic mass is 79.9.